The first-order valence-corrected chi connectivity index (χ1v) is 4.89. The molecule has 2 aliphatic heterocycles. The van der Waals surface area contributed by atoms with Gasteiger partial charge in [0.1, 0.15) is 6.33 Å². The molecule has 1 N–H and O–H groups in total. The van der Waals surface area contributed by atoms with E-state index < -0.39 is 0 Å². The maximum atomic E-state index is 12.0. The highest BCUT2D eigenvalue weighted by atomic mass is 16.1. The van der Waals surface area contributed by atoms with E-state index in [1.807, 2.05) is 0 Å². The monoisotopic (exact) mass is 192 g/mol. The Hall–Kier alpha value is -1.23. The molecule has 74 valence electrons. The predicted octanol–water partition coefficient (Wildman–Crippen LogP) is -0.394. The van der Waals surface area contributed by atoms with Gasteiger partial charge in [0, 0.05) is 19.0 Å². The lowest BCUT2D eigenvalue weighted by Gasteiger charge is -2.32. The van der Waals surface area contributed by atoms with Crippen molar-refractivity contribution in [3.05, 3.63) is 12.2 Å². The Kier molecular flexibility index (Phi) is 1.53. The standard InChI is InChI=1S/C9H12N4O/c1-13-4-11-12-9(13)8(14)7-5-2-6(7)10-3-5/h4-7,10H,2-3H2,1H3. The van der Waals surface area contributed by atoms with E-state index in [0.29, 0.717) is 17.8 Å². The number of ketones is 1. The van der Waals surface area contributed by atoms with Gasteiger partial charge in [-0.2, -0.15) is 0 Å². The van der Waals surface area contributed by atoms with E-state index >= 15 is 0 Å². The van der Waals surface area contributed by atoms with Gasteiger partial charge >= 0.3 is 0 Å². The van der Waals surface area contributed by atoms with Crippen LogP contribution >= 0.6 is 0 Å². The molecule has 2 bridgehead atoms. The first kappa shape index (κ1) is 8.11. The number of hydrogen-bond acceptors (Lipinski definition) is 4. The summed E-state index contributed by atoms with van der Waals surface area (Å²) >= 11 is 0. The van der Waals surface area contributed by atoms with Crippen LogP contribution < -0.4 is 5.32 Å². The molecule has 4 rings (SSSR count). The molecule has 2 saturated heterocycles. The van der Waals surface area contributed by atoms with Crippen LogP contribution in [0.2, 0.25) is 0 Å². The van der Waals surface area contributed by atoms with Crippen LogP contribution in [-0.4, -0.2) is 33.1 Å². The molecule has 1 aromatic heterocycles. The smallest absolute Gasteiger partial charge is 0.205 e. The molecule has 3 fully saturated rings. The van der Waals surface area contributed by atoms with Gasteiger partial charge in [0.2, 0.25) is 5.78 Å². The van der Waals surface area contributed by atoms with Crippen molar-refractivity contribution >= 4 is 5.78 Å². The Balaban J connectivity index is 1.87. The molecule has 0 aromatic carbocycles. The topological polar surface area (TPSA) is 59.8 Å². The van der Waals surface area contributed by atoms with Crippen molar-refractivity contribution < 1.29 is 4.79 Å². The van der Waals surface area contributed by atoms with Crippen LogP contribution in [0.3, 0.4) is 0 Å². The highest BCUT2D eigenvalue weighted by Gasteiger charge is 2.51. The second-order valence-electron chi connectivity index (χ2n) is 4.17. The quantitative estimate of drug-likeness (QED) is 0.648. The number of Topliss-reactive ketones (excluding diaryl/α,β-unsaturated/α-hetero) is 1. The summed E-state index contributed by atoms with van der Waals surface area (Å²) < 4.78 is 1.69. The van der Waals surface area contributed by atoms with Crippen molar-refractivity contribution in [2.45, 2.75) is 12.5 Å². The van der Waals surface area contributed by atoms with E-state index in [1.54, 1.807) is 17.9 Å². The molecule has 5 heteroatoms. The molecule has 3 unspecified atom stereocenters. The number of aryl methyl sites for hydroxylation is 1. The zero-order valence-electron chi connectivity index (χ0n) is 7.97. The summed E-state index contributed by atoms with van der Waals surface area (Å²) in [6, 6.07) is 0.393. The number of hydrogen-bond donors (Lipinski definition) is 1. The number of nitrogens with one attached hydrogen (secondary N) is 1. The number of carbonyl (C=O) groups excluding carboxylic acids is 1. The Morgan fingerprint density at radius 2 is 2.57 bits per heavy atom. The highest BCUT2D eigenvalue weighted by molar-refractivity contribution is 5.96. The molecular weight excluding hydrogens is 180 g/mol. The third-order valence-corrected chi connectivity index (χ3v) is 3.37. The van der Waals surface area contributed by atoms with Crippen molar-refractivity contribution in [2.75, 3.05) is 6.54 Å². The molecular formula is C9H12N4O. The second-order valence-corrected chi connectivity index (χ2v) is 4.17. The van der Waals surface area contributed by atoms with E-state index in [4.69, 9.17) is 0 Å². The molecule has 0 spiro atoms. The minimum absolute atomic E-state index is 0.149. The summed E-state index contributed by atoms with van der Waals surface area (Å²) in [5, 5.41) is 10.9. The molecule has 1 aliphatic carbocycles. The van der Waals surface area contributed by atoms with Crippen LogP contribution in [0, 0.1) is 11.8 Å². The van der Waals surface area contributed by atoms with E-state index in [-0.39, 0.29) is 11.7 Å². The van der Waals surface area contributed by atoms with Crippen LogP contribution in [-0.2, 0) is 7.05 Å². The van der Waals surface area contributed by atoms with Crippen molar-refractivity contribution in [3.8, 4) is 0 Å². The van der Waals surface area contributed by atoms with Crippen molar-refractivity contribution in [1.29, 1.82) is 0 Å². The summed E-state index contributed by atoms with van der Waals surface area (Å²) in [6.07, 6.45) is 2.72. The summed E-state index contributed by atoms with van der Waals surface area (Å²) in [5.74, 6) is 1.33. The zero-order chi connectivity index (χ0) is 9.71. The van der Waals surface area contributed by atoms with Gasteiger partial charge in [0.15, 0.2) is 5.82 Å². The average molecular weight is 192 g/mol. The molecule has 3 aliphatic rings. The van der Waals surface area contributed by atoms with Crippen molar-refractivity contribution in [1.82, 2.24) is 20.1 Å². The van der Waals surface area contributed by atoms with Crippen LogP contribution in [0.1, 0.15) is 17.0 Å². The molecule has 5 nitrogen and oxygen atoms in total. The lowest BCUT2D eigenvalue weighted by molar-refractivity contribution is 0.0769. The first-order valence-electron chi connectivity index (χ1n) is 4.89. The third-order valence-electron chi connectivity index (χ3n) is 3.37. The Morgan fingerprint density at radius 3 is 3.07 bits per heavy atom. The zero-order valence-corrected chi connectivity index (χ0v) is 7.97. The van der Waals surface area contributed by atoms with Gasteiger partial charge in [0.05, 0.1) is 0 Å². The Morgan fingerprint density at radius 1 is 1.71 bits per heavy atom. The molecule has 3 heterocycles. The van der Waals surface area contributed by atoms with Gasteiger partial charge in [-0.05, 0) is 18.9 Å². The Labute approximate surface area is 81.5 Å². The normalized spacial score (nSPS) is 34.2. The van der Waals surface area contributed by atoms with Gasteiger partial charge in [0.25, 0.3) is 0 Å². The number of aromatic nitrogens is 3. The maximum absolute atomic E-state index is 12.0. The molecule has 0 amide bonds. The molecule has 1 aromatic rings. The summed E-state index contributed by atoms with van der Waals surface area (Å²) in [7, 11) is 1.81. The van der Waals surface area contributed by atoms with E-state index in [0.717, 1.165) is 13.0 Å². The van der Waals surface area contributed by atoms with E-state index in [2.05, 4.69) is 15.5 Å². The maximum Gasteiger partial charge on any atom is 0.205 e. The fourth-order valence-corrected chi connectivity index (χ4v) is 2.53. The van der Waals surface area contributed by atoms with Gasteiger partial charge in [-0.25, -0.2) is 0 Å². The number of carbonyl (C=O) groups is 1. The second kappa shape index (κ2) is 2.63. The van der Waals surface area contributed by atoms with Crippen molar-refractivity contribution in [3.63, 3.8) is 0 Å². The van der Waals surface area contributed by atoms with Gasteiger partial charge in [-0.1, -0.05) is 0 Å². The van der Waals surface area contributed by atoms with Crippen LogP contribution in [0.25, 0.3) is 0 Å². The molecule has 0 radical (unpaired) electrons. The average Bonchev–Trinajstić information content (AvgIpc) is 2.74. The minimum Gasteiger partial charge on any atom is -0.314 e. The fraction of sp³-hybridized carbons (Fsp3) is 0.667. The largest absolute Gasteiger partial charge is 0.314 e. The first-order chi connectivity index (χ1) is 6.77. The van der Waals surface area contributed by atoms with Gasteiger partial charge < -0.3 is 9.88 Å². The lowest BCUT2D eigenvalue weighted by atomic mass is 9.71. The van der Waals surface area contributed by atoms with E-state index in [1.165, 1.54) is 0 Å². The fourth-order valence-electron chi connectivity index (χ4n) is 2.53. The van der Waals surface area contributed by atoms with Crippen LogP contribution in [0.5, 0.6) is 0 Å². The van der Waals surface area contributed by atoms with Gasteiger partial charge in [-0.3, -0.25) is 4.79 Å². The Bertz CT molecular complexity index is 372. The highest BCUT2D eigenvalue weighted by Crippen LogP contribution is 2.41. The number of nitrogens with zero attached hydrogens (tertiary/aromatic N) is 3. The number of fused-ring (bicyclic) bond motifs is 1. The molecule has 14 heavy (non-hydrogen) atoms. The van der Waals surface area contributed by atoms with Crippen LogP contribution in [0.15, 0.2) is 6.33 Å². The number of rotatable bonds is 2. The SMILES string of the molecule is Cn1cnnc1C(=O)C1C2CNC1C2. The third kappa shape index (κ3) is 0.901. The lowest BCUT2D eigenvalue weighted by Crippen LogP contribution is -2.43. The summed E-state index contributed by atoms with van der Waals surface area (Å²) in [5.41, 5.74) is 0. The van der Waals surface area contributed by atoms with Crippen molar-refractivity contribution in [2.24, 2.45) is 18.9 Å². The molecule has 3 atom stereocenters. The minimum atomic E-state index is 0.149. The summed E-state index contributed by atoms with van der Waals surface area (Å²) in [6.45, 7) is 0.985. The molecule has 1 saturated carbocycles. The summed E-state index contributed by atoms with van der Waals surface area (Å²) in [4.78, 5) is 12.0. The van der Waals surface area contributed by atoms with E-state index in [9.17, 15) is 4.79 Å². The van der Waals surface area contributed by atoms with Gasteiger partial charge in [-0.15, -0.1) is 10.2 Å². The predicted molar refractivity (Wildman–Crippen MR) is 48.7 cm³/mol. The van der Waals surface area contributed by atoms with Crippen LogP contribution in [0.4, 0.5) is 0 Å².